The quantitative estimate of drug-likeness (QED) is 0.897. The summed E-state index contributed by atoms with van der Waals surface area (Å²) in [6.07, 6.45) is 2.81. The van der Waals surface area contributed by atoms with Gasteiger partial charge in [-0.05, 0) is 24.8 Å². The number of hydrogen-bond donors (Lipinski definition) is 2. The molecule has 0 fully saturated rings. The van der Waals surface area contributed by atoms with Crippen molar-refractivity contribution in [3.8, 4) is 0 Å². The van der Waals surface area contributed by atoms with Crippen molar-refractivity contribution in [2.45, 2.75) is 25.3 Å². The molecule has 2 aromatic rings. The van der Waals surface area contributed by atoms with Crippen LogP contribution in [0.2, 0.25) is 0 Å². The van der Waals surface area contributed by atoms with Crippen LogP contribution in [0, 0.1) is 0 Å². The van der Waals surface area contributed by atoms with E-state index in [1.165, 1.54) is 4.90 Å². The number of hydrogen-bond acceptors (Lipinski definition) is 3. The molecule has 1 aromatic carbocycles. The number of aromatic nitrogens is 2. The minimum absolute atomic E-state index is 0.170. The fourth-order valence-electron chi connectivity index (χ4n) is 2.90. The Balaban J connectivity index is 1.86. The number of carbonyl (C=O) groups excluding carboxylic acids is 2. The fourth-order valence-corrected chi connectivity index (χ4v) is 2.90. The molecule has 6 nitrogen and oxygen atoms in total. The third-order valence-corrected chi connectivity index (χ3v) is 4.12. The topological polar surface area (TPSA) is 78.1 Å². The molecule has 23 heavy (non-hydrogen) atoms. The molecule has 3 rings (SSSR count). The van der Waals surface area contributed by atoms with E-state index in [2.05, 4.69) is 15.5 Å². The first kappa shape index (κ1) is 15.3. The normalized spacial score (nSPS) is 14.2. The third-order valence-electron chi connectivity index (χ3n) is 4.12. The monoisotopic (exact) mass is 312 g/mol. The maximum atomic E-state index is 12.6. The van der Waals surface area contributed by atoms with Crippen molar-refractivity contribution in [2.75, 3.05) is 14.1 Å². The largest absolute Gasteiger partial charge is 0.347 e. The van der Waals surface area contributed by atoms with Crippen LogP contribution in [-0.2, 0) is 17.6 Å². The minimum Gasteiger partial charge on any atom is -0.347 e. The van der Waals surface area contributed by atoms with Crippen molar-refractivity contribution in [2.24, 2.45) is 0 Å². The van der Waals surface area contributed by atoms with Gasteiger partial charge in [0.2, 0.25) is 5.91 Å². The number of likely N-dealkylation sites (N-methyl/N-ethyl adjacent to an activating group) is 1. The number of aryl methyl sites for hydroxylation is 1. The van der Waals surface area contributed by atoms with Gasteiger partial charge in [-0.25, -0.2) is 0 Å². The summed E-state index contributed by atoms with van der Waals surface area (Å²) in [4.78, 5) is 26.6. The summed E-state index contributed by atoms with van der Waals surface area (Å²) < 4.78 is 0. The lowest BCUT2D eigenvalue weighted by Gasteiger charge is -2.22. The van der Waals surface area contributed by atoms with Crippen LogP contribution < -0.4 is 5.32 Å². The van der Waals surface area contributed by atoms with Gasteiger partial charge in [0.15, 0.2) is 5.69 Å². The van der Waals surface area contributed by atoms with Crippen LogP contribution in [0.15, 0.2) is 30.3 Å². The third kappa shape index (κ3) is 2.97. The van der Waals surface area contributed by atoms with E-state index in [0.29, 0.717) is 5.69 Å². The van der Waals surface area contributed by atoms with Gasteiger partial charge < -0.3 is 10.2 Å². The number of fused-ring (bicyclic) bond motifs is 1. The Morgan fingerprint density at radius 1 is 1.22 bits per heavy atom. The van der Waals surface area contributed by atoms with E-state index < -0.39 is 6.04 Å². The van der Waals surface area contributed by atoms with Crippen LogP contribution in [0.25, 0.3) is 0 Å². The molecule has 1 aliphatic carbocycles. The first-order chi connectivity index (χ1) is 11.1. The zero-order valence-electron chi connectivity index (χ0n) is 13.3. The summed E-state index contributed by atoms with van der Waals surface area (Å²) in [5.74, 6) is -0.481. The molecule has 0 saturated heterocycles. The SMILES string of the molecule is CN(C)C(=O)C(NC(=O)c1n[nH]c2c1CCC2)c1ccccc1. The Morgan fingerprint density at radius 2 is 1.96 bits per heavy atom. The zero-order chi connectivity index (χ0) is 16.4. The van der Waals surface area contributed by atoms with E-state index in [9.17, 15) is 9.59 Å². The molecule has 120 valence electrons. The van der Waals surface area contributed by atoms with Gasteiger partial charge in [0.25, 0.3) is 5.91 Å². The number of aromatic amines is 1. The number of nitrogens with zero attached hydrogens (tertiary/aromatic N) is 2. The summed E-state index contributed by atoms with van der Waals surface area (Å²) in [5.41, 5.74) is 3.17. The molecular formula is C17H20N4O2. The average Bonchev–Trinajstić information content (AvgIpc) is 3.15. The van der Waals surface area contributed by atoms with Gasteiger partial charge in [-0.3, -0.25) is 14.7 Å². The van der Waals surface area contributed by atoms with Gasteiger partial charge in [-0.2, -0.15) is 5.10 Å². The van der Waals surface area contributed by atoms with Crippen LogP contribution >= 0.6 is 0 Å². The van der Waals surface area contributed by atoms with E-state index in [0.717, 1.165) is 36.1 Å². The molecule has 0 saturated carbocycles. The molecule has 1 atom stereocenters. The highest BCUT2D eigenvalue weighted by Gasteiger charge is 2.28. The van der Waals surface area contributed by atoms with Crippen molar-refractivity contribution < 1.29 is 9.59 Å². The maximum absolute atomic E-state index is 12.6. The molecular weight excluding hydrogens is 292 g/mol. The van der Waals surface area contributed by atoms with Crippen LogP contribution in [0.3, 0.4) is 0 Å². The van der Waals surface area contributed by atoms with E-state index in [4.69, 9.17) is 0 Å². The molecule has 1 heterocycles. The maximum Gasteiger partial charge on any atom is 0.272 e. The van der Waals surface area contributed by atoms with Crippen LogP contribution in [0.5, 0.6) is 0 Å². The lowest BCUT2D eigenvalue weighted by Crippen LogP contribution is -2.40. The Kier molecular flexibility index (Phi) is 4.14. The highest BCUT2D eigenvalue weighted by atomic mass is 16.2. The molecule has 1 aromatic heterocycles. The van der Waals surface area contributed by atoms with Crippen molar-refractivity contribution >= 4 is 11.8 Å². The Morgan fingerprint density at radius 3 is 2.65 bits per heavy atom. The average molecular weight is 312 g/mol. The molecule has 0 aliphatic heterocycles. The summed E-state index contributed by atoms with van der Waals surface area (Å²) in [7, 11) is 3.35. The Labute approximate surface area is 134 Å². The predicted octanol–water partition coefficient (Wildman–Crippen LogP) is 1.46. The summed E-state index contributed by atoms with van der Waals surface area (Å²) in [6.45, 7) is 0. The van der Waals surface area contributed by atoms with E-state index in [1.807, 2.05) is 30.3 Å². The highest BCUT2D eigenvalue weighted by Crippen LogP contribution is 2.23. The Bertz CT molecular complexity index is 721. The summed E-state index contributed by atoms with van der Waals surface area (Å²) in [6, 6.07) is 8.53. The Hall–Kier alpha value is -2.63. The van der Waals surface area contributed by atoms with Crippen LogP contribution in [0.1, 0.15) is 39.8 Å². The second kappa shape index (κ2) is 6.24. The van der Waals surface area contributed by atoms with Crippen molar-refractivity contribution in [3.63, 3.8) is 0 Å². The number of carbonyl (C=O) groups is 2. The van der Waals surface area contributed by atoms with Gasteiger partial charge in [0.1, 0.15) is 6.04 Å². The molecule has 0 radical (unpaired) electrons. The van der Waals surface area contributed by atoms with Crippen molar-refractivity contribution in [3.05, 3.63) is 52.8 Å². The van der Waals surface area contributed by atoms with Crippen molar-refractivity contribution in [1.29, 1.82) is 0 Å². The summed E-state index contributed by atoms with van der Waals surface area (Å²) >= 11 is 0. The van der Waals surface area contributed by atoms with Crippen LogP contribution in [0.4, 0.5) is 0 Å². The summed E-state index contributed by atoms with van der Waals surface area (Å²) in [5, 5.41) is 9.89. The standard InChI is InChI=1S/C17H20N4O2/c1-21(2)17(23)14(11-7-4-3-5-8-11)18-16(22)15-12-9-6-10-13(12)19-20-15/h3-5,7-8,14H,6,9-10H2,1-2H3,(H,18,22)(H,19,20). The molecule has 0 bridgehead atoms. The fraction of sp³-hybridized carbons (Fsp3) is 0.353. The lowest BCUT2D eigenvalue weighted by atomic mass is 10.1. The molecule has 6 heteroatoms. The van der Waals surface area contributed by atoms with Gasteiger partial charge in [-0.15, -0.1) is 0 Å². The van der Waals surface area contributed by atoms with Gasteiger partial charge in [0.05, 0.1) is 0 Å². The number of amides is 2. The predicted molar refractivity (Wildman–Crippen MR) is 86.0 cm³/mol. The second-order valence-corrected chi connectivity index (χ2v) is 5.93. The first-order valence-corrected chi connectivity index (χ1v) is 7.71. The van der Waals surface area contributed by atoms with Crippen molar-refractivity contribution in [1.82, 2.24) is 20.4 Å². The first-order valence-electron chi connectivity index (χ1n) is 7.71. The number of H-pyrrole nitrogens is 1. The van der Waals surface area contributed by atoms with Crippen LogP contribution in [-0.4, -0.2) is 41.0 Å². The van der Waals surface area contributed by atoms with E-state index in [-0.39, 0.29) is 11.8 Å². The van der Waals surface area contributed by atoms with Gasteiger partial charge >= 0.3 is 0 Å². The molecule has 1 aliphatic rings. The van der Waals surface area contributed by atoms with Gasteiger partial charge in [-0.1, -0.05) is 30.3 Å². The molecule has 2 amide bonds. The lowest BCUT2D eigenvalue weighted by molar-refractivity contribution is -0.130. The minimum atomic E-state index is -0.715. The molecule has 0 spiro atoms. The zero-order valence-corrected chi connectivity index (χ0v) is 13.3. The van der Waals surface area contributed by atoms with E-state index in [1.54, 1.807) is 14.1 Å². The molecule has 2 N–H and O–H groups in total. The highest BCUT2D eigenvalue weighted by molar-refractivity contribution is 5.97. The molecule has 1 unspecified atom stereocenters. The van der Waals surface area contributed by atoms with E-state index >= 15 is 0 Å². The number of benzene rings is 1. The second-order valence-electron chi connectivity index (χ2n) is 5.93. The smallest absolute Gasteiger partial charge is 0.272 e. The number of rotatable bonds is 4. The number of nitrogens with one attached hydrogen (secondary N) is 2. The van der Waals surface area contributed by atoms with Gasteiger partial charge in [0, 0.05) is 25.4 Å².